The molecule has 2 fully saturated rings. The van der Waals surface area contributed by atoms with Gasteiger partial charge in [-0.15, -0.1) is 0 Å². The summed E-state index contributed by atoms with van der Waals surface area (Å²) >= 11 is 6.24. The maximum absolute atomic E-state index is 13.8. The molecule has 2 aromatic carbocycles. The summed E-state index contributed by atoms with van der Waals surface area (Å²) in [5, 5.41) is 14.7. The minimum Gasteiger partial charge on any atom is -0.446 e. The molecule has 13 heteroatoms. The molecule has 0 heterocycles. The van der Waals surface area contributed by atoms with Crippen LogP contribution < -0.4 is 10.6 Å². The molecule has 2 amide bonds. The second kappa shape index (κ2) is 10.7. The number of rotatable bonds is 7. The van der Waals surface area contributed by atoms with Crippen molar-refractivity contribution in [2.75, 3.05) is 18.5 Å². The molecule has 38 heavy (non-hydrogen) atoms. The van der Waals surface area contributed by atoms with Crippen molar-refractivity contribution >= 4 is 39.1 Å². The van der Waals surface area contributed by atoms with Crippen molar-refractivity contribution in [1.29, 1.82) is 0 Å². The normalized spacial score (nSPS) is 24.6. The Morgan fingerprint density at radius 3 is 2.29 bits per heavy atom. The third kappa shape index (κ3) is 5.62. The van der Waals surface area contributed by atoms with Gasteiger partial charge < -0.3 is 20.5 Å². The summed E-state index contributed by atoms with van der Waals surface area (Å²) in [6.07, 6.45) is 0.615. The minimum atomic E-state index is -4.08. The lowest BCUT2D eigenvalue weighted by Crippen LogP contribution is -2.49. The maximum Gasteiger partial charge on any atom is 0.407 e. The zero-order chi connectivity index (χ0) is 27.8. The second-order valence-electron chi connectivity index (χ2n) is 9.70. The van der Waals surface area contributed by atoms with Crippen molar-refractivity contribution in [3.63, 3.8) is 0 Å². The fourth-order valence-corrected chi connectivity index (χ4v) is 8.34. The first-order valence-corrected chi connectivity index (χ1v) is 13.9. The van der Waals surface area contributed by atoms with Gasteiger partial charge in [-0.1, -0.05) is 11.6 Å². The number of aliphatic hydroxyl groups is 1. The molecule has 0 spiro atoms. The summed E-state index contributed by atoms with van der Waals surface area (Å²) in [5.74, 6) is -6.42. The predicted molar refractivity (Wildman–Crippen MR) is 132 cm³/mol. The number of halogens is 4. The largest absolute Gasteiger partial charge is 0.446 e. The molecule has 2 saturated carbocycles. The highest BCUT2D eigenvalue weighted by Crippen LogP contribution is 2.51. The lowest BCUT2D eigenvalue weighted by atomic mass is 9.77. The first-order valence-electron chi connectivity index (χ1n) is 12.0. The van der Waals surface area contributed by atoms with E-state index in [0.29, 0.717) is 31.5 Å². The molecule has 2 aromatic rings. The SMILES string of the molecule is CCNC(=O)OC[C@]1(O)CC2CCC(C1)[C@H]2S(=O)(=O)c1cc(C(=O)Nc2cc(F)c(F)c(F)c2)ccc1Cl. The van der Waals surface area contributed by atoms with E-state index in [1.807, 2.05) is 0 Å². The molecule has 2 atom stereocenters. The summed E-state index contributed by atoms with van der Waals surface area (Å²) in [6.45, 7) is 1.82. The van der Waals surface area contributed by atoms with E-state index in [-0.39, 0.29) is 40.6 Å². The Morgan fingerprint density at radius 2 is 1.71 bits per heavy atom. The molecule has 2 aliphatic rings. The molecule has 4 rings (SSSR count). The van der Waals surface area contributed by atoms with E-state index in [1.165, 1.54) is 12.1 Å². The molecule has 2 unspecified atom stereocenters. The number of amides is 2. The zero-order valence-corrected chi connectivity index (χ0v) is 21.8. The highest BCUT2D eigenvalue weighted by Gasteiger charge is 2.54. The monoisotopic (exact) mass is 574 g/mol. The van der Waals surface area contributed by atoms with Crippen molar-refractivity contribution in [2.24, 2.45) is 11.8 Å². The molecular formula is C25H26ClF3N2O6S. The van der Waals surface area contributed by atoms with Crippen LogP contribution in [-0.4, -0.2) is 49.5 Å². The minimum absolute atomic E-state index is 0.103. The summed E-state index contributed by atoms with van der Waals surface area (Å²) in [6, 6.07) is 4.76. The molecule has 0 aliphatic heterocycles. The van der Waals surface area contributed by atoms with Gasteiger partial charge in [0.05, 0.1) is 20.8 Å². The van der Waals surface area contributed by atoms with Gasteiger partial charge in [0.2, 0.25) is 0 Å². The number of fused-ring (bicyclic) bond motifs is 2. The lowest BCUT2D eigenvalue weighted by Gasteiger charge is -2.40. The molecular weight excluding hydrogens is 549 g/mol. The van der Waals surface area contributed by atoms with E-state index in [9.17, 15) is 36.3 Å². The van der Waals surface area contributed by atoms with Gasteiger partial charge in [-0.3, -0.25) is 4.79 Å². The fourth-order valence-electron chi connectivity index (χ4n) is 5.50. The summed E-state index contributed by atoms with van der Waals surface area (Å²) in [5.41, 5.74) is -1.87. The van der Waals surface area contributed by atoms with Crippen LogP contribution in [0.1, 0.15) is 43.0 Å². The van der Waals surface area contributed by atoms with Crippen molar-refractivity contribution in [2.45, 2.75) is 48.4 Å². The van der Waals surface area contributed by atoms with Gasteiger partial charge in [0.25, 0.3) is 5.91 Å². The smallest absolute Gasteiger partial charge is 0.407 e. The van der Waals surface area contributed by atoms with Gasteiger partial charge in [-0.25, -0.2) is 26.4 Å². The van der Waals surface area contributed by atoms with E-state index in [4.69, 9.17) is 16.3 Å². The van der Waals surface area contributed by atoms with Gasteiger partial charge in [0.15, 0.2) is 27.3 Å². The zero-order valence-electron chi connectivity index (χ0n) is 20.3. The molecule has 2 bridgehead atoms. The van der Waals surface area contributed by atoms with Crippen LogP contribution in [0.5, 0.6) is 0 Å². The number of sulfone groups is 1. The topological polar surface area (TPSA) is 122 Å². The Hall–Kier alpha value is -2.83. The number of carbonyl (C=O) groups excluding carboxylic acids is 2. The van der Waals surface area contributed by atoms with Crippen LogP contribution in [0.4, 0.5) is 23.7 Å². The number of alkyl carbamates (subject to hydrolysis) is 1. The van der Waals surface area contributed by atoms with Gasteiger partial charge in [-0.2, -0.15) is 0 Å². The average Bonchev–Trinajstić information content (AvgIpc) is 3.15. The van der Waals surface area contributed by atoms with E-state index >= 15 is 0 Å². The molecule has 8 nitrogen and oxygen atoms in total. The molecule has 2 aliphatic carbocycles. The highest BCUT2D eigenvalue weighted by molar-refractivity contribution is 7.92. The molecule has 0 saturated heterocycles. The predicted octanol–water partition coefficient (Wildman–Crippen LogP) is 4.45. The van der Waals surface area contributed by atoms with Crippen molar-refractivity contribution < 1.29 is 41.0 Å². The Morgan fingerprint density at radius 1 is 1.11 bits per heavy atom. The number of carbonyl (C=O) groups is 2. The number of anilines is 1. The van der Waals surface area contributed by atoms with Crippen LogP contribution in [0.15, 0.2) is 35.2 Å². The first kappa shape index (κ1) is 28.2. The third-order valence-corrected chi connectivity index (χ3v) is 9.89. The Labute approximate surface area is 222 Å². The standard InChI is InChI=1S/C25H26ClF3N2O6S/c1-2-30-24(33)37-12-25(34)10-14-3-4-15(11-25)22(14)38(35,36)20-7-13(5-6-17(20)26)23(32)31-16-8-18(27)21(29)19(28)9-16/h5-9,14-15,22,34H,2-4,10-12H2,1H3,(H,30,33)(H,31,32)/t14?,15?,22-,25-. The second-order valence-corrected chi connectivity index (χ2v) is 12.2. The molecule has 206 valence electrons. The molecule has 0 aromatic heterocycles. The van der Waals surface area contributed by atoms with Gasteiger partial charge >= 0.3 is 6.09 Å². The summed E-state index contributed by atoms with van der Waals surface area (Å²) in [7, 11) is -4.08. The quantitative estimate of drug-likeness (QED) is 0.420. The number of hydrogen-bond donors (Lipinski definition) is 3. The Kier molecular flexibility index (Phi) is 7.96. The summed E-state index contributed by atoms with van der Waals surface area (Å²) in [4.78, 5) is 24.1. The van der Waals surface area contributed by atoms with Crippen LogP contribution in [0, 0.1) is 29.3 Å². The lowest BCUT2D eigenvalue weighted by molar-refractivity contribution is -0.0634. The van der Waals surface area contributed by atoms with E-state index < -0.39 is 62.0 Å². The Bertz CT molecular complexity index is 1340. The van der Waals surface area contributed by atoms with E-state index in [1.54, 1.807) is 6.92 Å². The highest BCUT2D eigenvalue weighted by atomic mass is 35.5. The number of nitrogens with one attached hydrogen (secondary N) is 2. The van der Waals surface area contributed by atoms with Gasteiger partial charge in [0.1, 0.15) is 6.61 Å². The average molecular weight is 575 g/mol. The van der Waals surface area contributed by atoms with Gasteiger partial charge in [-0.05, 0) is 62.6 Å². The van der Waals surface area contributed by atoms with Crippen LogP contribution in [0.25, 0.3) is 0 Å². The third-order valence-electron chi connectivity index (χ3n) is 7.01. The Balaban J connectivity index is 1.54. The molecule has 0 radical (unpaired) electrons. The van der Waals surface area contributed by atoms with E-state index in [2.05, 4.69) is 10.6 Å². The first-order chi connectivity index (χ1) is 17.8. The van der Waals surface area contributed by atoms with Crippen LogP contribution in [-0.2, 0) is 14.6 Å². The molecule has 3 N–H and O–H groups in total. The van der Waals surface area contributed by atoms with Gasteiger partial charge in [0, 0.05) is 29.9 Å². The van der Waals surface area contributed by atoms with Crippen molar-refractivity contribution in [3.8, 4) is 0 Å². The van der Waals surface area contributed by atoms with Crippen LogP contribution in [0.2, 0.25) is 5.02 Å². The fraction of sp³-hybridized carbons (Fsp3) is 0.440. The van der Waals surface area contributed by atoms with Crippen LogP contribution in [0.3, 0.4) is 0 Å². The number of benzene rings is 2. The maximum atomic E-state index is 13.8. The summed E-state index contributed by atoms with van der Waals surface area (Å²) < 4.78 is 72.9. The number of hydrogen-bond acceptors (Lipinski definition) is 6. The van der Waals surface area contributed by atoms with E-state index in [0.717, 1.165) is 6.07 Å². The van der Waals surface area contributed by atoms with Crippen LogP contribution >= 0.6 is 11.6 Å². The number of ether oxygens (including phenoxy) is 1. The van der Waals surface area contributed by atoms with Crippen molar-refractivity contribution in [3.05, 3.63) is 58.4 Å². The van der Waals surface area contributed by atoms with Crippen molar-refractivity contribution in [1.82, 2.24) is 5.32 Å².